The highest BCUT2D eigenvalue weighted by molar-refractivity contribution is 5.62. The van der Waals surface area contributed by atoms with Crippen LogP contribution >= 0.6 is 0 Å². The van der Waals surface area contributed by atoms with Crippen LogP contribution in [0.2, 0.25) is 0 Å². The van der Waals surface area contributed by atoms with Crippen molar-refractivity contribution >= 4 is 5.69 Å². The van der Waals surface area contributed by atoms with E-state index in [9.17, 15) is 0 Å². The molecule has 2 rings (SSSR count). The van der Waals surface area contributed by atoms with Crippen LogP contribution in [-0.2, 0) is 12.8 Å². The predicted molar refractivity (Wildman–Crippen MR) is 80.4 cm³/mol. The van der Waals surface area contributed by atoms with Crippen molar-refractivity contribution in [2.45, 2.75) is 46.5 Å². The molecule has 1 aliphatic carbocycles. The fourth-order valence-electron chi connectivity index (χ4n) is 3.10. The molecule has 19 heavy (non-hydrogen) atoms. The molecule has 1 aromatic carbocycles. The molecule has 1 atom stereocenters. The summed E-state index contributed by atoms with van der Waals surface area (Å²) in [5.41, 5.74) is 4.03. The Morgan fingerprint density at radius 2 is 2.05 bits per heavy atom. The lowest BCUT2D eigenvalue weighted by molar-refractivity contribution is 0.224. The van der Waals surface area contributed by atoms with Gasteiger partial charge in [-0.2, -0.15) is 5.90 Å². The number of benzene rings is 1. The lowest BCUT2D eigenvalue weighted by atomic mass is 9.76. The number of nitrogens with one attached hydrogen (secondary N) is 1. The SMILES string of the molecule is CNc1ccc2c(c1ON)CCCC(C(C)(C)C)C2. The number of rotatable bonds is 2. The van der Waals surface area contributed by atoms with Gasteiger partial charge in [0.2, 0.25) is 0 Å². The number of anilines is 1. The molecule has 106 valence electrons. The first-order chi connectivity index (χ1) is 8.97. The van der Waals surface area contributed by atoms with E-state index in [1.165, 1.54) is 24.0 Å². The van der Waals surface area contributed by atoms with E-state index in [4.69, 9.17) is 10.7 Å². The van der Waals surface area contributed by atoms with Gasteiger partial charge in [-0.3, -0.25) is 0 Å². The molecule has 0 bridgehead atoms. The fourth-order valence-corrected chi connectivity index (χ4v) is 3.10. The predicted octanol–water partition coefficient (Wildman–Crippen LogP) is 3.52. The summed E-state index contributed by atoms with van der Waals surface area (Å²) in [6, 6.07) is 4.31. The maximum absolute atomic E-state index is 5.48. The van der Waals surface area contributed by atoms with Crippen molar-refractivity contribution in [2.24, 2.45) is 17.2 Å². The topological polar surface area (TPSA) is 47.3 Å². The molecule has 1 aliphatic rings. The van der Waals surface area contributed by atoms with E-state index in [0.29, 0.717) is 5.41 Å². The Labute approximate surface area is 116 Å². The molecule has 0 saturated heterocycles. The van der Waals surface area contributed by atoms with Gasteiger partial charge in [0.1, 0.15) is 0 Å². The molecule has 0 aliphatic heterocycles. The van der Waals surface area contributed by atoms with Crippen LogP contribution in [0.3, 0.4) is 0 Å². The zero-order valence-electron chi connectivity index (χ0n) is 12.5. The van der Waals surface area contributed by atoms with Crippen LogP contribution in [0.15, 0.2) is 12.1 Å². The third-order valence-electron chi connectivity index (χ3n) is 4.42. The van der Waals surface area contributed by atoms with Gasteiger partial charge in [0, 0.05) is 12.6 Å². The number of hydrogen-bond acceptors (Lipinski definition) is 3. The van der Waals surface area contributed by atoms with Crippen molar-refractivity contribution in [3.05, 3.63) is 23.3 Å². The number of hydrogen-bond donors (Lipinski definition) is 2. The van der Waals surface area contributed by atoms with E-state index in [-0.39, 0.29) is 0 Å². The minimum atomic E-state index is 0.354. The van der Waals surface area contributed by atoms with Crippen LogP contribution in [0.5, 0.6) is 5.75 Å². The van der Waals surface area contributed by atoms with Crippen molar-refractivity contribution in [2.75, 3.05) is 12.4 Å². The van der Waals surface area contributed by atoms with Crippen LogP contribution in [0.25, 0.3) is 0 Å². The standard InChI is InChI=1S/C16H26N2O/c1-16(2,3)12-6-5-7-13-11(10-12)8-9-14(18-4)15(13)19-17/h8-9,12,18H,5-7,10,17H2,1-4H3. The molecule has 0 radical (unpaired) electrons. The van der Waals surface area contributed by atoms with Gasteiger partial charge in [-0.05, 0) is 48.6 Å². The lowest BCUT2D eigenvalue weighted by Gasteiger charge is -2.30. The van der Waals surface area contributed by atoms with Gasteiger partial charge < -0.3 is 10.2 Å². The van der Waals surface area contributed by atoms with E-state index in [1.807, 2.05) is 7.05 Å². The molecular formula is C16H26N2O. The van der Waals surface area contributed by atoms with Gasteiger partial charge in [0.05, 0.1) is 5.69 Å². The van der Waals surface area contributed by atoms with Gasteiger partial charge in [-0.15, -0.1) is 0 Å². The van der Waals surface area contributed by atoms with E-state index in [0.717, 1.165) is 30.2 Å². The Kier molecular flexibility index (Phi) is 4.04. The maximum Gasteiger partial charge on any atom is 0.173 e. The molecule has 0 saturated carbocycles. The second kappa shape index (κ2) is 5.41. The van der Waals surface area contributed by atoms with E-state index in [1.54, 1.807) is 0 Å². The molecular weight excluding hydrogens is 236 g/mol. The summed E-state index contributed by atoms with van der Waals surface area (Å²) in [4.78, 5) is 5.15. The van der Waals surface area contributed by atoms with Crippen molar-refractivity contribution in [1.82, 2.24) is 0 Å². The molecule has 0 amide bonds. The van der Waals surface area contributed by atoms with Crippen LogP contribution in [0, 0.1) is 11.3 Å². The smallest absolute Gasteiger partial charge is 0.173 e. The van der Waals surface area contributed by atoms with E-state index < -0.39 is 0 Å². The monoisotopic (exact) mass is 262 g/mol. The molecule has 1 aromatic rings. The van der Waals surface area contributed by atoms with Crippen molar-refractivity contribution < 1.29 is 4.84 Å². The molecule has 0 spiro atoms. The third kappa shape index (κ3) is 2.86. The molecule has 0 aromatic heterocycles. The van der Waals surface area contributed by atoms with Gasteiger partial charge in [-0.1, -0.05) is 26.8 Å². The van der Waals surface area contributed by atoms with E-state index in [2.05, 4.69) is 38.2 Å². The normalized spacial score (nSPS) is 19.5. The van der Waals surface area contributed by atoms with Gasteiger partial charge in [0.15, 0.2) is 5.75 Å². The summed E-state index contributed by atoms with van der Waals surface area (Å²) in [5.74, 6) is 7.03. The number of fused-ring (bicyclic) bond motifs is 1. The van der Waals surface area contributed by atoms with Crippen molar-refractivity contribution in [3.63, 3.8) is 0 Å². The van der Waals surface area contributed by atoms with Gasteiger partial charge in [0.25, 0.3) is 0 Å². The molecule has 0 fully saturated rings. The first-order valence-corrected chi connectivity index (χ1v) is 7.16. The highest BCUT2D eigenvalue weighted by Gasteiger charge is 2.28. The lowest BCUT2D eigenvalue weighted by Crippen LogP contribution is -2.22. The van der Waals surface area contributed by atoms with Crippen molar-refractivity contribution in [1.29, 1.82) is 0 Å². The second-order valence-corrected chi connectivity index (χ2v) is 6.61. The maximum atomic E-state index is 5.48. The summed E-state index contributed by atoms with van der Waals surface area (Å²) in [5, 5.41) is 3.15. The molecule has 0 heterocycles. The Hall–Kier alpha value is -1.22. The number of nitrogens with two attached hydrogens (primary N) is 1. The van der Waals surface area contributed by atoms with Crippen LogP contribution < -0.4 is 16.1 Å². The Bertz CT molecular complexity index is 449. The summed E-state index contributed by atoms with van der Waals surface area (Å²) in [7, 11) is 1.90. The zero-order chi connectivity index (χ0) is 14.0. The molecule has 3 heteroatoms. The van der Waals surface area contributed by atoms with Gasteiger partial charge >= 0.3 is 0 Å². The molecule has 3 N–H and O–H groups in total. The largest absolute Gasteiger partial charge is 0.409 e. The summed E-state index contributed by atoms with van der Waals surface area (Å²) < 4.78 is 0. The second-order valence-electron chi connectivity index (χ2n) is 6.61. The highest BCUT2D eigenvalue weighted by atomic mass is 16.6. The third-order valence-corrected chi connectivity index (χ3v) is 4.42. The quantitative estimate of drug-likeness (QED) is 0.633. The average molecular weight is 262 g/mol. The van der Waals surface area contributed by atoms with Crippen LogP contribution in [0.1, 0.15) is 44.7 Å². The summed E-state index contributed by atoms with van der Waals surface area (Å²) in [6.45, 7) is 7.01. The minimum Gasteiger partial charge on any atom is -0.409 e. The van der Waals surface area contributed by atoms with Crippen molar-refractivity contribution in [3.8, 4) is 5.75 Å². The average Bonchev–Trinajstić information content (AvgIpc) is 2.58. The highest BCUT2D eigenvalue weighted by Crippen LogP contribution is 2.40. The zero-order valence-corrected chi connectivity index (χ0v) is 12.5. The van der Waals surface area contributed by atoms with Gasteiger partial charge in [-0.25, -0.2) is 0 Å². The summed E-state index contributed by atoms with van der Waals surface area (Å²) >= 11 is 0. The Balaban J connectivity index is 2.40. The molecule has 3 nitrogen and oxygen atoms in total. The Morgan fingerprint density at radius 3 is 2.63 bits per heavy atom. The first kappa shape index (κ1) is 14.2. The Morgan fingerprint density at radius 1 is 1.32 bits per heavy atom. The first-order valence-electron chi connectivity index (χ1n) is 7.16. The fraction of sp³-hybridized carbons (Fsp3) is 0.625. The minimum absolute atomic E-state index is 0.354. The molecule has 1 unspecified atom stereocenters. The van der Waals surface area contributed by atoms with E-state index >= 15 is 0 Å². The van der Waals surface area contributed by atoms with Crippen LogP contribution in [0.4, 0.5) is 5.69 Å². The summed E-state index contributed by atoms with van der Waals surface area (Å²) in [6.07, 6.45) is 4.67. The van der Waals surface area contributed by atoms with Crippen LogP contribution in [-0.4, -0.2) is 7.05 Å².